The molecule has 0 aromatic heterocycles. The average molecular weight is 186 g/mol. The van der Waals surface area contributed by atoms with E-state index in [9.17, 15) is 14.0 Å². The Hall–Kier alpha value is -1.13. The average Bonchev–Trinajstić information content (AvgIpc) is 2.29. The molecule has 1 saturated carbocycles. The standard InChI is InChI=1S/C8H11FN2O2/c9-4-6-7(12)11(8(13)10-6)5-2-1-3-5/h5-6H,1-4H2,(H,10,13). The molecule has 0 aromatic carbocycles. The summed E-state index contributed by atoms with van der Waals surface area (Å²) in [5, 5.41) is 2.31. The number of hydrogen-bond donors (Lipinski definition) is 1. The molecule has 1 saturated heterocycles. The number of carbonyl (C=O) groups excluding carboxylic acids is 2. The number of halogens is 1. The molecule has 0 bridgehead atoms. The predicted octanol–water partition coefficient (Wildman–Crippen LogP) is 0.429. The third-order valence-corrected chi connectivity index (χ3v) is 2.65. The van der Waals surface area contributed by atoms with Crippen LogP contribution in [0.25, 0.3) is 0 Å². The quantitative estimate of drug-likeness (QED) is 0.636. The van der Waals surface area contributed by atoms with Crippen molar-refractivity contribution in [2.24, 2.45) is 0 Å². The van der Waals surface area contributed by atoms with Crippen molar-refractivity contribution in [2.75, 3.05) is 6.67 Å². The maximum absolute atomic E-state index is 12.2. The Labute approximate surface area is 75.1 Å². The van der Waals surface area contributed by atoms with Crippen LogP contribution in [-0.2, 0) is 4.79 Å². The van der Waals surface area contributed by atoms with E-state index in [1.807, 2.05) is 0 Å². The molecule has 0 aromatic rings. The molecule has 13 heavy (non-hydrogen) atoms. The summed E-state index contributed by atoms with van der Waals surface area (Å²) in [5.41, 5.74) is 0. The third-order valence-electron chi connectivity index (χ3n) is 2.65. The molecule has 0 radical (unpaired) electrons. The lowest BCUT2D eigenvalue weighted by Crippen LogP contribution is -2.44. The fourth-order valence-electron chi connectivity index (χ4n) is 1.64. The number of nitrogens with one attached hydrogen (secondary N) is 1. The predicted molar refractivity (Wildman–Crippen MR) is 42.8 cm³/mol. The Morgan fingerprint density at radius 2 is 2.15 bits per heavy atom. The summed E-state index contributed by atoms with van der Waals surface area (Å²) in [6.07, 6.45) is 2.76. The summed E-state index contributed by atoms with van der Waals surface area (Å²) < 4.78 is 12.2. The van der Waals surface area contributed by atoms with Crippen LogP contribution in [0.3, 0.4) is 0 Å². The molecule has 72 valence electrons. The van der Waals surface area contributed by atoms with Crippen LogP contribution < -0.4 is 5.32 Å². The second-order valence-electron chi connectivity index (χ2n) is 3.45. The summed E-state index contributed by atoms with van der Waals surface area (Å²) >= 11 is 0. The number of hydrogen-bond acceptors (Lipinski definition) is 2. The van der Waals surface area contributed by atoms with Crippen LogP contribution in [0, 0.1) is 0 Å². The molecule has 1 unspecified atom stereocenters. The highest BCUT2D eigenvalue weighted by Gasteiger charge is 2.43. The van der Waals surface area contributed by atoms with Gasteiger partial charge in [0.1, 0.15) is 12.7 Å². The third kappa shape index (κ3) is 1.18. The number of imide groups is 1. The highest BCUT2D eigenvalue weighted by Crippen LogP contribution is 2.27. The summed E-state index contributed by atoms with van der Waals surface area (Å²) in [6.45, 7) is -0.812. The van der Waals surface area contributed by atoms with Crippen LogP contribution in [0.5, 0.6) is 0 Å². The van der Waals surface area contributed by atoms with Crippen LogP contribution in [0.15, 0.2) is 0 Å². The van der Waals surface area contributed by atoms with Crippen LogP contribution in [-0.4, -0.2) is 35.6 Å². The summed E-state index contributed by atoms with van der Waals surface area (Å²) in [7, 11) is 0. The van der Waals surface area contributed by atoms with Crippen molar-refractivity contribution in [2.45, 2.75) is 31.3 Å². The van der Waals surface area contributed by atoms with Crippen molar-refractivity contribution in [1.29, 1.82) is 0 Å². The Bertz CT molecular complexity index is 253. The van der Waals surface area contributed by atoms with Gasteiger partial charge in [-0.3, -0.25) is 9.69 Å². The van der Waals surface area contributed by atoms with Gasteiger partial charge in [-0.15, -0.1) is 0 Å². The Morgan fingerprint density at radius 3 is 2.54 bits per heavy atom. The largest absolute Gasteiger partial charge is 0.325 e. The molecular formula is C8H11FN2O2. The molecule has 1 heterocycles. The van der Waals surface area contributed by atoms with Gasteiger partial charge in [0.05, 0.1) is 0 Å². The van der Waals surface area contributed by atoms with E-state index in [1.165, 1.54) is 4.90 Å². The first-order chi connectivity index (χ1) is 6.24. The van der Waals surface area contributed by atoms with Crippen LogP contribution in [0.4, 0.5) is 9.18 Å². The number of alkyl halides is 1. The van der Waals surface area contributed by atoms with E-state index in [0.717, 1.165) is 19.3 Å². The second kappa shape index (κ2) is 2.97. The van der Waals surface area contributed by atoms with Gasteiger partial charge >= 0.3 is 6.03 Å². The minimum Gasteiger partial charge on any atom is -0.323 e. The first-order valence-corrected chi connectivity index (χ1v) is 4.43. The van der Waals surface area contributed by atoms with Crippen LogP contribution in [0.1, 0.15) is 19.3 Å². The van der Waals surface area contributed by atoms with E-state index in [-0.39, 0.29) is 6.04 Å². The van der Waals surface area contributed by atoms with Crippen LogP contribution >= 0.6 is 0 Å². The van der Waals surface area contributed by atoms with E-state index in [4.69, 9.17) is 0 Å². The van der Waals surface area contributed by atoms with Gasteiger partial charge in [0, 0.05) is 6.04 Å². The first kappa shape index (κ1) is 8.47. The molecule has 2 aliphatic rings. The summed E-state index contributed by atoms with van der Waals surface area (Å²) in [5.74, 6) is -0.405. The molecule has 3 amide bonds. The van der Waals surface area contributed by atoms with E-state index in [0.29, 0.717) is 0 Å². The normalized spacial score (nSPS) is 29.0. The van der Waals surface area contributed by atoms with Gasteiger partial charge in [0.25, 0.3) is 5.91 Å². The molecule has 4 nitrogen and oxygen atoms in total. The van der Waals surface area contributed by atoms with Crippen molar-refractivity contribution in [1.82, 2.24) is 10.2 Å². The highest BCUT2D eigenvalue weighted by atomic mass is 19.1. The molecule has 2 rings (SSSR count). The topological polar surface area (TPSA) is 49.4 Å². The Balaban J connectivity index is 2.09. The molecule has 1 atom stereocenters. The fourth-order valence-corrected chi connectivity index (χ4v) is 1.64. The fraction of sp³-hybridized carbons (Fsp3) is 0.750. The van der Waals surface area contributed by atoms with Crippen molar-refractivity contribution in [3.63, 3.8) is 0 Å². The van der Waals surface area contributed by atoms with E-state index < -0.39 is 24.7 Å². The van der Waals surface area contributed by atoms with Crippen molar-refractivity contribution >= 4 is 11.9 Å². The molecule has 1 aliphatic heterocycles. The van der Waals surface area contributed by atoms with Gasteiger partial charge < -0.3 is 5.32 Å². The second-order valence-corrected chi connectivity index (χ2v) is 3.45. The lowest BCUT2D eigenvalue weighted by atomic mass is 9.92. The minimum atomic E-state index is -0.937. The highest BCUT2D eigenvalue weighted by molar-refractivity contribution is 6.04. The van der Waals surface area contributed by atoms with Gasteiger partial charge in [-0.1, -0.05) is 0 Å². The van der Waals surface area contributed by atoms with E-state index in [1.54, 1.807) is 0 Å². The monoisotopic (exact) mass is 186 g/mol. The number of rotatable bonds is 2. The van der Waals surface area contributed by atoms with Gasteiger partial charge in [-0.25, -0.2) is 9.18 Å². The zero-order valence-corrected chi connectivity index (χ0v) is 7.12. The molecule has 0 spiro atoms. The first-order valence-electron chi connectivity index (χ1n) is 4.43. The molecule has 1 N–H and O–H groups in total. The SMILES string of the molecule is O=C1NC(CF)C(=O)N1C1CCC1. The Kier molecular flexibility index (Phi) is 1.94. The van der Waals surface area contributed by atoms with Crippen molar-refractivity contribution in [3.05, 3.63) is 0 Å². The number of urea groups is 1. The summed E-state index contributed by atoms with van der Waals surface area (Å²) in [4.78, 5) is 23.8. The van der Waals surface area contributed by atoms with E-state index in [2.05, 4.69) is 5.32 Å². The van der Waals surface area contributed by atoms with E-state index >= 15 is 0 Å². The molecular weight excluding hydrogens is 175 g/mol. The molecule has 5 heteroatoms. The van der Waals surface area contributed by atoms with Gasteiger partial charge in [0.15, 0.2) is 0 Å². The minimum absolute atomic E-state index is 0.0176. The molecule has 2 fully saturated rings. The van der Waals surface area contributed by atoms with Gasteiger partial charge in [0.2, 0.25) is 0 Å². The lowest BCUT2D eigenvalue weighted by Gasteiger charge is -2.32. The number of nitrogens with zero attached hydrogens (tertiary/aromatic N) is 1. The molecule has 1 aliphatic carbocycles. The van der Waals surface area contributed by atoms with Gasteiger partial charge in [-0.05, 0) is 19.3 Å². The van der Waals surface area contributed by atoms with Crippen molar-refractivity contribution in [3.8, 4) is 0 Å². The van der Waals surface area contributed by atoms with Crippen molar-refractivity contribution < 1.29 is 14.0 Å². The zero-order valence-electron chi connectivity index (χ0n) is 7.12. The van der Waals surface area contributed by atoms with Crippen LogP contribution in [0.2, 0.25) is 0 Å². The smallest absolute Gasteiger partial charge is 0.323 e. The Morgan fingerprint density at radius 1 is 1.46 bits per heavy atom. The van der Waals surface area contributed by atoms with Gasteiger partial charge in [-0.2, -0.15) is 0 Å². The zero-order chi connectivity index (χ0) is 9.42. The maximum atomic E-state index is 12.2. The summed E-state index contributed by atoms with van der Waals surface area (Å²) in [6, 6.07) is -1.35. The number of carbonyl (C=O) groups is 2. The number of amides is 3. The maximum Gasteiger partial charge on any atom is 0.325 e. The lowest BCUT2D eigenvalue weighted by molar-refractivity contribution is -0.130.